The van der Waals surface area contributed by atoms with Crippen molar-refractivity contribution in [3.05, 3.63) is 64.8 Å². The predicted molar refractivity (Wildman–Crippen MR) is 76.1 cm³/mol. The van der Waals surface area contributed by atoms with Gasteiger partial charge in [-0.05, 0) is 23.1 Å². The van der Waals surface area contributed by atoms with Gasteiger partial charge in [0, 0.05) is 17.4 Å². The molecule has 0 aliphatic carbocycles. The number of hydrogen-bond donors (Lipinski definition) is 0. The van der Waals surface area contributed by atoms with Gasteiger partial charge in [0.2, 0.25) is 0 Å². The molecule has 0 aliphatic heterocycles. The van der Waals surface area contributed by atoms with E-state index in [2.05, 4.69) is 21.0 Å². The number of halogens is 1. The number of aromatic nitrogens is 2. The molecule has 0 bridgehead atoms. The number of nitrogens with zero attached hydrogens (tertiary/aromatic N) is 2. The summed E-state index contributed by atoms with van der Waals surface area (Å²) in [6.07, 6.45) is 3.81. The fraction of sp³-hybridized carbons (Fsp3) is 0.0714. The van der Waals surface area contributed by atoms with Gasteiger partial charge in [-0.1, -0.05) is 35.9 Å². The van der Waals surface area contributed by atoms with Crippen molar-refractivity contribution in [2.45, 2.75) is 6.54 Å². The van der Waals surface area contributed by atoms with Crippen molar-refractivity contribution in [3.8, 4) is 10.7 Å². The molecular weight excluding hydrogens is 264 g/mol. The van der Waals surface area contributed by atoms with Crippen LogP contribution in [0.3, 0.4) is 0 Å². The van der Waals surface area contributed by atoms with E-state index >= 15 is 0 Å². The second kappa shape index (κ2) is 4.96. The SMILES string of the molecule is Clc1ccccc1Cn1ccnc1-c1cccs1. The maximum Gasteiger partial charge on any atom is 0.150 e. The minimum Gasteiger partial charge on any atom is -0.326 e. The minimum atomic E-state index is 0.743. The van der Waals surface area contributed by atoms with E-state index in [1.165, 1.54) is 4.88 Å². The van der Waals surface area contributed by atoms with Gasteiger partial charge >= 0.3 is 0 Å². The summed E-state index contributed by atoms with van der Waals surface area (Å²) in [6, 6.07) is 12.0. The lowest BCUT2D eigenvalue weighted by Crippen LogP contribution is -2.00. The van der Waals surface area contributed by atoms with E-state index in [0.717, 1.165) is 23.0 Å². The van der Waals surface area contributed by atoms with Crippen LogP contribution in [0.4, 0.5) is 0 Å². The van der Waals surface area contributed by atoms with Crippen molar-refractivity contribution in [1.29, 1.82) is 0 Å². The van der Waals surface area contributed by atoms with Gasteiger partial charge in [0.25, 0.3) is 0 Å². The Morgan fingerprint density at radius 1 is 1.17 bits per heavy atom. The molecule has 0 saturated heterocycles. The highest BCUT2D eigenvalue weighted by atomic mass is 35.5. The summed E-state index contributed by atoms with van der Waals surface area (Å²) in [4.78, 5) is 5.59. The Balaban J connectivity index is 1.95. The monoisotopic (exact) mass is 274 g/mol. The van der Waals surface area contributed by atoms with Crippen LogP contribution in [0.1, 0.15) is 5.56 Å². The van der Waals surface area contributed by atoms with Gasteiger partial charge < -0.3 is 4.57 Å². The van der Waals surface area contributed by atoms with Gasteiger partial charge in [-0.2, -0.15) is 0 Å². The molecule has 4 heteroatoms. The van der Waals surface area contributed by atoms with Gasteiger partial charge in [-0.15, -0.1) is 11.3 Å². The Labute approximate surface area is 114 Å². The number of imidazole rings is 1. The van der Waals surface area contributed by atoms with Crippen LogP contribution in [0.5, 0.6) is 0 Å². The molecule has 90 valence electrons. The molecule has 0 unspecified atom stereocenters. The van der Waals surface area contributed by atoms with Gasteiger partial charge in [-0.3, -0.25) is 0 Å². The topological polar surface area (TPSA) is 17.8 Å². The highest BCUT2D eigenvalue weighted by molar-refractivity contribution is 7.13. The molecule has 0 fully saturated rings. The van der Waals surface area contributed by atoms with E-state index in [-0.39, 0.29) is 0 Å². The van der Waals surface area contributed by atoms with Gasteiger partial charge in [-0.25, -0.2) is 4.98 Å². The van der Waals surface area contributed by atoms with Crippen molar-refractivity contribution in [2.75, 3.05) is 0 Å². The van der Waals surface area contributed by atoms with Crippen LogP contribution >= 0.6 is 22.9 Å². The first kappa shape index (κ1) is 11.5. The van der Waals surface area contributed by atoms with Crippen molar-refractivity contribution in [1.82, 2.24) is 9.55 Å². The lowest BCUT2D eigenvalue weighted by molar-refractivity contribution is 0.809. The summed E-state index contributed by atoms with van der Waals surface area (Å²) in [7, 11) is 0. The molecule has 3 aromatic rings. The maximum atomic E-state index is 6.19. The van der Waals surface area contributed by atoms with Crippen molar-refractivity contribution in [2.24, 2.45) is 0 Å². The zero-order valence-corrected chi connectivity index (χ0v) is 11.2. The maximum absolute atomic E-state index is 6.19. The number of rotatable bonds is 3. The van der Waals surface area contributed by atoms with E-state index in [9.17, 15) is 0 Å². The van der Waals surface area contributed by atoms with E-state index in [4.69, 9.17) is 11.6 Å². The summed E-state index contributed by atoms with van der Waals surface area (Å²) in [6.45, 7) is 0.743. The quantitative estimate of drug-likeness (QED) is 0.696. The normalized spacial score (nSPS) is 10.7. The van der Waals surface area contributed by atoms with Crippen LogP contribution in [-0.4, -0.2) is 9.55 Å². The first-order valence-electron chi connectivity index (χ1n) is 5.63. The smallest absolute Gasteiger partial charge is 0.150 e. The van der Waals surface area contributed by atoms with Crippen molar-refractivity contribution in [3.63, 3.8) is 0 Å². The van der Waals surface area contributed by atoms with Crippen LogP contribution in [0.15, 0.2) is 54.2 Å². The average Bonchev–Trinajstić information content (AvgIpc) is 3.02. The zero-order chi connectivity index (χ0) is 12.4. The highest BCUT2D eigenvalue weighted by Gasteiger charge is 2.08. The van der Waals surface area contributed by atoms with E-state index in [0.29, 0.717) is 0 Å². The molecular formula is C14H11ClN2S. The molecule has 3 rings (SSSR count). The third-order valence-corrected chi connectivity index (χ3v) is 3.99. The summed E-state index contributed by atoms with van der Waals surface area (Å²) < 4.78 is 2.12. The first-order valence-corrected chi connectivity index (χ1v) is 6.89. The molecule has 2 aromatic heterocycles. The number of thiophene rings is 1. The molecule has 18 heavy (non-hydrogen) atoms. The number of hydrogen-bond acceptors (Lipinski definition) is 2. The predicted octanol–water partition coefficient (Wildman–Crippen LogP) is 4.31. The lowest BCUT2D eigenvalue weighted by Gasteiger charge is -2.08. The average molecular weight is 275 g/mol. The van der Waals surface area contributed by atoms with Gasteiger partial charge in [0.15, 0.2) is 0 Å². The molecule has 0 aliphatic rings. The molecule has 0 radical (unpaired) electrons. The molecule has 0 N–H and O–H groups in total. The summed E-state index contributed by atoms with van der Waals surface area (Å²) in [5, 5.41) is 2.85. The largest absolute Gasteiger partial charge is 0.326 e. The Morgan fingerprint density at radius 3 is 2.83 bits per heavy atom. The molecule has 0 atom stereocenters. The first-order chi connectivity index (χ1) is 8.84. The van der Waals surface area contributed by atoms with Gasteiger partial charge in [0.1, 0.15) is 5.82 Å². The van der Waals surface area contributed by atoms with Crippen molar-refractivity contribution >= 4 is 22.9 Å². The van der Waals surface area contributed by atoms with Crippen LogP contribution in [0.25, 0.3) is 10.7 Å². The van der Waals surface area contributed by atoms with E-state index < -0.39 is 0 Å². The third-order valence-electron chi connectivity index (χ3n) is 2.76. The standard InChI is InChI=1S/C14H11ClN2S/c15-12-5-2-1-4-11(12)10-17-8-7-16-14(17)13-6-3-9-18-13/h1-9H,10H2. The molecule has 0 saturated carbocycles. The fourth-order valence-electron chi connectivity index (χ4n) is 1.88. The number of benzene rings is 1. The summed E-state index contributed by atoms with van der Waals surface area (Å²) in [5.74, 6) is 0.991. The van der Waals surface area contributed by atoms with Crippen LogP contribution < -0.4 is 0 Å². The summed E-state index contributed by atoms with van der Waals surface area (Å²) >= 11 is 7.88. The Morgan fingerprint density at radius 2 is 2.06 bits per heavy atom. The Bertz CT molecular complexity index is 643. The lowest BCUT2D eigenvalue weighted by atomic mass is 10.2. The second-order valence-electron chi connectivity index (χ2n) is 3.95. The molecule has 1 aromatic carbocycles. The van der Waals surface area contributed by atoms with E-state index in [1.807, 2.05) is 42.7 Å². The van der Waals surface area contributed by atoms with Crippen LogP contribution in [0.2, 0.25) is 5.02 Å². The van der Waals surface area contributed by atoms with Crippen LogP contribution in [-0.2, 0) is 6.54 Å². The molecule has 2 heterocycles. The second-order valence-corrected chi connectivity index (χ2v) is 5.30. The molecule has 0 spiro atoms. The minimum absolute atomic E-state index is 0.743. The molecule has 2 nitrogen and oxygen atoms in total. The molecule has 0 amide bonds. The fourth-order valence-corrected chi connectivity index (χ4v) is 2.81. The van der Waals surface area contributed by atoms with Gasteiger partial charge in [0.05, 0.1) is 11.4 Å². The third kappa shape index (κ3) is 2.19. The van der Waals surface area contributed by atoms with Crippen LogP contribution in [0, 0.1) is 0 Å². The summed E-state index contributed by atoms with van der Waals surface area (Å²) in [5.41, 5.74) is 1.11. The Kier molecular flexibility index (Phi) is 3.17. The zero-order valence-electron chi connectivity index (χ0n) is 9.58. The van der Waals surface area contributed by atoms with Crippen molar-refractivity contribution < 1.29 is 0 Å². The highest BCUT2D eigenvalue weighted by Crippen LogP contribution is 2.24. The van der Waals surface area contributed by atoms with E-state index in [1.54, 1.807) is 11.3 Å². The Hall–Kier alpha value is -1.58.